The van der Waals surface area contributed by atoms with E-state index < -0.39 is 0 Å². The Bertz CT molecular complexity index is 333. The number of nitrogens with two attached hydrogens (primary N) is 1. The van der Waals surface area contributed by atoms with Gasteiger partial charge in [0, 0.05) is 12.2 Å². The van der Waals surface area contributed by atoms with Gasteiger partial charge >= 0.3 is 0 Å². The van der Waals surface area contributed by atoms with Crippen LogP contribution >= 0.6 is 0 Å². The molecule has 0 saturated heterocycles. The maximum Gasteiger partial charge on any atom is 0.0340 e. The van der Waals surface area contributed by atoms with Gasteiger partial charge in [0.25, 0.3) is 0 Å². The van der Waals surface area contributed by atoms with Gasteiger partial charge in [-0.3, -0.25) is 0 Å². The average molecular weight is 232 g/mol. The maximum absolute atomic E-state index is 5.86. The lowest BCUT2D eigenvalue weighted by Gasteiger charge is -2.41. The largest absolute Gasteiger partial charge is 0.384 e. The predicted octanol–water partition coefficient (Wildman–Crippen LogP) is 3.18. The fraction of sp³-hybridized carbons (Fsp3) is 0.600. The van der Waals surface area contributed by atoms with Gasteiger partial charge in [-0.05, 0) is 48.9 Å². The van der Waals surface area contributed by atoms with Gasteiger partial charge in [0.2, 0.25) is 0 Å². The molecule has 1 aliphatic carbocycles. The molecule has 0 amide bonds. The normalized spacial score (nSPS) is 17.5. The van der Waals surface area contributed by atoms with Crippen LogP contribution in [0.2, 0.25) is 0 Å². The summed E-state index contributed by atoms with van der Waals surface area (Å²) in [7, 11) is 0. The molecule has 17 heavy (non-hydrogen) atoms. The first-order valence-corrected chi connectivity index (χ1v) is 6.81. The van der Waals surface area contributed by atoms with E-state index in [9.17, 15) is 0 Å². The zero-order chi connectivity index (χ0) is 12.1. The van der Waals surface area contributed by atoms with E-state index in [1.807, 2.05) is 0 Å². The Balaban J connectivity index is 1.86. The lowest BCUT2D eigenvalue weighted by atomic mass is 9.69. The molecule has 0 heterocycles. The van der Waals surface area contributed by atoms with E-state index in [2.05, 4.69) is 36.5 Å². The number of aryl methyl sites for hydroxylation is 1. The summed E-state index contributed by atoms with van der Waals surface area (Å²) in [6, 6.07) is 8.82. The third kappa shape index (κ3) is 3.01. The predicted molar refractivity (Wildman–Crippen MR) is 74.3 cm³/mol. The molecular weight excluding hydrogens is 208 g/mol. The second-order valence-corrected chi connectivity index (χ2v) is 5.36. The molecule has 2 rings (SSSR count). The Morgan fingerprint density at radius 2 is 1.94 bits per heavy atom. The Labute approximate surface area is 105 Å². The van der Waals surface area contributed by atoms with Crippen molar-refractivity contribution in [1.82, 2.24) is 0 Å². The second kappa shape index (κ2) is 5.54. The van der Waals surface area contributed by atoms with Gasteiger partial charge in [0.15, 0.2) is 0 Å². The summed E-state index contributed by atoms with van der Waals surface area (Å²) in [5.74, 6) is 0. The van der Waals surface area contributed by atoms with E-state index in [0.29, 0.717) is 5.41 Å². The van der Waals surface area contributed by atoms with Crippen LogP contribution in [0.4, 0.5) is 5.69 Å². The van der Waals surface area contributed by atoms with E-state index in [1.165, 1.54) is 43.4 Å². The van der Waals surface area contributed by atoms with Crippen LogP contribution in [0, 0.1) is 5.41 Å². The lowest BCUT2D eigenvalue weighted by molar-refractivity contribution is 0.163. The highest BCUT2D eigenvalue weighted by Gasteiger charge is 2.35. The summed E-state index contributed by atoms with van der Waals surface area (Å²) < 4.78 is 0. The summed E-state index contributed by atoms with van der Waals surface area (Å²) in [4.78, 5) is 0. The fourth-order valence-corrected chi connectivity index (χ4v) is 2.50. The molecule has 0 atom stereocenters. The average Bonchev–Trinajstić information content (AvgIpc) is 2.31. The van der Waals surface area contributed by atoms with Crippen molar-refractivity contribution < 1.29 is 0 Å². The minimum atomic E-state index is 0.377. The molecule has 2 nitrogen and oxygen atoms in total. The first-order chi connectivity index (χ1) is 8.28. The molecule has 0 radical (unpaired) electrons. The van der Waals surface area contributed by atoms with Crippen LogP contribution in [0.1, 0.15) is 38.2 Å². The minimum Gasteiger partial charge on any atom is -0.384 e. The lowest BCUT2D eigenvalue weighted by Crippen LogP contribution is -2.42. The first-order valence-electron chi connectivity index (χ1n) is 6.81. The second-order valence-electron chi connectivity index (χ2n) is 5.36. The maximum atomic E-state index is 5.86. The molecule has 0 spiro atoms. The van der Waals surface area contributed by atoms with Crippen molar-refractivity contribution in [2.75, 3.05) is 18.4 Å². The number of anilines is 1. The Morgan fingerprint density at radius 3 is 2.41 bits per heavy atom. The van der Waals surface area contributed by atoms with E-state index in [-0.39, 0.29) is 0 Å². The molecule has 1 aromatic rings. The topological polar surface area (TPSA) is 38.0 Å². The SMILES string of the molecule is CCCc1ccc(NCC2(CN)CCC2)cc1. The van der Waals surface area contributed by atoms with Gasteiger partial charge in [-0.25, -0.2) is 0 Å². The monoisotopic (exact) mass is 232 g/mol. The quantitative estimate of drug-likeness (QED) is 0.790. The van der Waals surface area contributed by atoms with Crippen LogP contribution < -0.4 is 11.1 Å². The highest BCUT2D eigenvalue weighted by atomic mass is 14.9. The van der Waals surface area contributed by atoms with Crippen molar-refractivity contribution in [3.63, 3.8) is 0 Å². The Kier molecular flexibility index (Phi) is 4.06. The third-order valence-electron chi connectivity index (χ3n) is 4.01. The summed E-state index contributed by atoms with van der Waals surface area (Å²) in [5.41, 5.74) is 8.89. The zero-order valence-electron chi connectivity index (χ0n) is 10.8. The van der Waals surface area contributed by atoms with Crippen LogP contribution in [-0.2, 0) is 6.42 Å². The number of nitrogens with one attached hydrogen (secondary N) is 1. The number of hydrogen-bond acceptors (Lipinski definition) is 2. The van der Waals surface area contributed by atoms with Gasteiger partial charge in [-0.1, -0.05) is 31.9 Å². The van der Waals surface area contributed by atoms with Crippen LogP contribution in [0.3, 0.4) is 0 Å². The van der Waals surface area contributed by atoms with E-state index in [1.54, 1.807) is 0 Å². The molecule has 1 aromatic carbocycles. The molecule has 1 aliphatic rings. The van der Waals surface area contributed by atoms with Gasteiger partial charge in [-0.15, -0.1) is 0 Å². The smallest absolute Gasteiger partial charge is 0.0340 e. The first kappa shape index (κ1) is 12.4. The Hall–Kier alpha value is -1.02. The molecule has 2 heteroatoms. The standard InChI is InChI=1S/C15H24N2/c1-2-4-13-5-7-14(8-6-13)17-12-15(11-16)9-3-10-15/h5-8,17H,2-4,9-12,16H2,1H3. The fourth-order valence-electron chi connectivity index (χ4n) is 2.50. The summed E-state index contributed by atoms with van der Waals surface area (Å²) in [5, 5.41) is 3.53. The minimum absolute atomic E-state index is 0.377. The molecule has 3 N–H and O–H groups in total. The zero-order valence-corrected chi connectivity index (χ0v) is 10.8. The molecular formula is C15H24N2. The number of benzene rings is 1. The van der Waals surface area contributed by atoms with E-state index >= 15 is 0 Å². The number of hydrogen-bond donors (Lipinski definition) is 2. The summed E-state index contributed by atoms with van der Waals surface area (Å²) in [6.07, 6.45) is 6.29. The molecule has 0 bridgehead atoms. The highest BCUT2D eigenvalue weighted by Crippen LogP contribution is 2.39. The van der Waals surface area contributed by atoms with Crippen LogP contribution in [0.25, 0.3) is 0 Å². The van der Waals surface area contributed by atoms with Crippen molar-refractivity contribution in [3.8, 4) is 0 Å². The van der Waals surface area contributed by atoms with Crippen molar-refractivity contribution in [3.05, 3.63) is 29.8 Å². The van der Waals surface area contributed by atoms with Gasteiger partial charge in [0.1, 0.15) is 0 Å². The molecule has 0 aromatic heterocycles. The van der Waals surface area contributed by atoms with Crippen LogP contribution in [0.15, 0.2) is 24.3 Å². The summed E-state index contributed by atoms with van der Waals surface area (Å²) in [6.45, 7) is 4.05. The molecule has 0 unspecified atom stereocenters. The van der Waals surface area contributed by atoms with E-state index in [0.717, 1.165) is 13.1 Å². The molecule has 0 aliphatic heterocycles. The van der Waals surface area contributed by atoms with E-state index in [4.69, 9.17) is 5.73 Å². The molecule has 94 valence electrons. The molecule has 1 saturated carbocycles. The van der Waals surface area contributed by atoms with Crippen molar-refractivity contribution >= 4 is 5.69 Å². The van der Waals surface area contributed by atoms with Crippen molar-refractivity contribution in [2.45, 2.75) is 39.0 Å². The van der Waals surface area contributed by atoms with Gasteiger partial charge < -0.3 is 11.1 Å². The van der Waals surface area contributed by atoms with Crippen LogP contribution in [0.5, 0.6) is 0 Å². The summed E-state index contributed by atoms with van der Waals surface area (Å²) >= 11 is 0. The highest BCUT2D eigenvalue weighted by molar-refractivity contribution is 5.45. The van der Waals surface area contributed by atoms with Gasteiger partial charge in [-0.2, -0.15) is 0 Å². The Morgan fingerprint density at radius 1 is 1.24 bits per heavy atom. The number of rotatable bonds is 6. The van der Waals surface area contributed by atoms with Gasteiger partial charge in [0.05, 0.1) is 0 Å². The molecule has 1 fully saturated rings. The van der Waals surface area contributed by atoms with Crippen LogP contribution in [-0.4, -0.2) is 13.1 Å². The van der Waals surface area contributed by atoms with Crippen molar-refractivity contribution in [1.29, 1.82) is 0 Å². The third-order valence-corrected chi connectivity index (χ3v) is 4.01. The van der Waals surface area contributed by atoms with Crippen molar-refractivity contribution in [2.24, 2.45) is 11.1 Å².